The van der Waals surface area contributed by atoms with E-state index in [1.54, 1.807) is 0 Å². The smallest absolute Gasteiger partial charge is 0.335 e. The zero-order chi connectivity index (χ0) is 20.9. The van der Waals surface area contributed by atoms with Crippen molar-refractivity contribution in [2.45, 2.75) is 56.0 Å². The van der Waals surface area contributed by atoms with Crippen molar-refractivity contribution in [3.63, 3.8) is 0 Å². The quantitative estimate of drug-likeness (QED) is 0.285. The van der Waals surface area contributed by atoms with Gasteiger partial charge in [-0.3, -0.25) is 9.36 Å². The van der Waals surface area contributed by atoms with E-state index in [2.05, 4.69) is 0 Å². The second-order valence-electron chi connectivity index (χ2n) is 6.68. The predicted molar refractivity (Wildman–Crippen MR) is 85.7 cm³/mol. The SMILES string of the molecule is Cc1c(F)c(=O)n([C@@H]2O[C@H](CO)[C@@H](O)[C@H]2O)c(=O)n1[C@@H]1O[C@H](CO)[C@@H](O)[C@H]1O. The molecular weight excluding hydrogens is 387 g/mol. The van der Waals surface area contributed by atoms with Crippen molar-refractivity contribution in [2.24, 2.45) is 0 Å². The van der Waals surface area contributed by atoms with Crippen LogP contribution in [0.25, 0.3) is 0 Å². The summed E-state index contributed by atoms with van der Waals surface area (Å²) in [7, 11) is 0. The van der Waals surface area contributed by atoms with Crippen LogP contribution in [-0.2, 0) is 9.47 Å². The number of aliphatic hydroxyl groups excluding tert-OH is 6. The van der Waals surface area contributed by atoms with Gasteiger partial charge in [0.2, 0.25) is 5.82 Å². The molecule has 6 N–H and O–H groups in total. The highest BCUT2D eigenvalue weighted by Crippen LogP contribution is 2.31. The maximum atomic E-state index is 14.6. The van der Waals surface area contributed by atoms with E-state index >= 15 is 0 Å². The normalized spacial score (nSPS) is 38.3. The molecule has 0 bridgehead atoms. The van der Waals surface area contributed by atoms with Crippen LogP contribution in [0.1, 0.15) is 18.1 Å². The van der Waals surface area contributed by atoms with Crippen molar-refractivity contribution < 1.29 is 44.5 Å². The van der Waals surface area contributed by atoms with Gasteiger partial charge in [-0.2, -0.15) is 4.39 Å². The molecule has 2 fully saturated rings. The number of nitrogens with zero attached hydrogens (tertiary/aromatic N) is 2. The van der Waals surface area contributed by atoms with Gasteiger partial charge in [0.25, 0.3) is 5.56 Å². The van der Waals surface area contributed by atoms with Crippen LogP contribution < -0.4 is 11.2 Å². The Hall–Kier alpha value is -1.71. The van der Waals surface area contributed by atoms with E-state index < -0.39 is 85.1 Å². The fourth-order valence-corrected chi connectivity index (χ4v) is 3.42. The first kappa shape index (κ1) is 21.0. The lowest BCUT2D eigenvalue weighted by molar-refractivity contribution is -0.0701. The number of hydrogen-bond acceptors (Lipinski definition) is 10. The third-order valence-electron chi connectivity index (χ3n) is 5.04. The molecule has 2 saturated heterocycles. The van der Waals surface area contributed by atoms with E-state index in [1.165, 1.54) is 0 Å². The molecule has 2 aliphatic heterocycles. The van der Waals surface area contributed by atoms with Crippen molar-refractivity contribution in [1.82, 2.24) is 9.13 Å². The zero-order valence-electron chi connectivity index (χ0n) is 14.6. The first-order valence-corrected chi connectivity index (χ1v) is 8.43. The van der Waals surface area contributed by atoms with Crippen molar-refractivity contribution in [3.05, 3.63) is 32.3 Å². The molecule has 1 aromatic heterocycles. The van der Waals surface area contributed by atoms with E-state index in [4.69, 9.17) is 14.6 Å². The number of aliphatic hydroxyl groups is 6. The molecule has 0 aliphatic carbocycles. The number of hydrogen-bond donors (Lipinski definition) is 6. The van der Waals surface area contributed by atoms with Crippen LogP contribution in [0.3, 0.4) is 0 Å². The molecule has 1 aromatic rings. The minimum absolute atomic E-state index is 0.195. The van der Waals surface area contributed by atoms with Crippen LogP contribution in [-0.4, -0.2) is 89.6 Å². The number of aromatic nitrogens is 2. The summed E-state index contributed by atoms with van der Waals surface area (Å²) in [6.07, 6.45) is -12.8. The Morgan fingerprint density at radius 2 is 1.29 bits per heavy atom. The van der Waals surface area contributed by atoms with E-state index in [1.807, 2.05) is 0 Å². The lowest BCUT2D eigenvalue weighted by Gasteiger charge is -2.24. The minimum atomic E-state index is -1.83. The monoisotopic (exact) mass is 408 g/mol. The van der Waals surface area contributed by atoms with Gasteiger partial charge in [0.1, 0.15) is 36.6 Å². The van der Waals surface area contributed by atoms with Gasteiger partial charge in [0.05, 0.1) is 18.9 Å². The zero-order valence-corrected chi connectivity index (χ0v) is 14.6. The van der Waals surface area contributed by atoms with Crippen molar-refractivity contribution in [2.75, 3.05) is 13.2 Å². The molecule has 12 nitrogen and oxygen atoms in total. The van der Waals surface area contributed by atoms with Crippen LogP contribution in [0, 0.1) is 12.7 Å². The molecule has 0 radical (unpaired) electrons. The molecule has 0 saturated carbocycles. The van der Waals surface area contributed by atoms with E-state index in [0.717, 1.165) is 6.92 Å². The van der Waals surface area contributed by atoms with E-state index in [0.29, 0.717) is 4.57 Å². The number of rotatable bonds is 4. The lowest BCUT2D eigenvalue weighted by atomic mass is 10.1. The lowest BCUT2D eigenvalue weighted by Crippen LogP contribution is -2.50. The molecule has 0 amide bonds. The molecule has 3 rings (SSSR count). The summed E-state index contributed by atoms with van der Waals surface area (Å²) < 4.78 is 25.6. The Morgan fingerprint density at radius 3 is 1.68 bits per heavy atom. The summed E-state index contributed by atoms with van der Waals surface area (Å²) in [4.78, 5) is 25.2. The standard InChI is InChI=1S/C15H21FN2O10/c1-4-7(16)12(25)18(14-11(24)9(22)6(3-20)28-14)15(26)17(4)13-10(23)8(21)5(2-19)27-13/h5-6,8-11,13-14,19-24H,2-3H2,1H3/t5-,6-,8-,9-,10-,11-,13-,14-/m1/s1. The van der Waals surface area contributed by atoms with Crippen LogP contribution in [0.5, 0.6) is 0 Å². The molecule has 13 heteroatoms. The molecule has 8 atom stereocenters. The Bertz CT molecular complexity index is 856. The average molecular weight is 408 g/mol. The van der Waals surface area contributed by atoms with Crippen molar-refractivity contribution in [1.29, 1.82) is 0 Å². The van der Waals surface area contributed by atoms with Crippen molar-refractivity contribution in [3.8, 4) is 0 Å². The van der Waals surface area contributed by atoms with Gasteiger partial charge in [0, 0.05) is 0 Å². The third-order valence-corrected chi connectivity index (χ3v) is 5.04. The Kier molecular flexibility index (Phi) is 5.71. The number of halogens is 1. The van der Waals surface area contributed by atoms with Gasteiger partial charge in [-0.15, -0.1) is 0 Å². The summed E-state index contributed by atoms with van der Waals surface area (Å²) in [5.41, 5.74) is -3.23. The van der Waals surface area contributed by atoms with Gasteiger partial charge in [-0.05, 0) is 6.92 Å². The minimum Gasteiger partial charge on any atom is -0.394 e. The maximum absolute atomic E-state index is 14.6. The highest BCUT2D eigenvalue weighted by Gasteiger charge is 2.48. The van der Waals surface area contributed by atoms with Gasteiger partial charge in [0.15, 0.2) is 12.5 Å². The first-order chi connectivity index (χ1) is 13.1. The third kappa shape index (κ3) is 3.00. The molecule has 28 heavy (non-hydrogen) atoms. The van der Waals surface area contributed by atoms with Gasteiger partial charge >= 0.3 is 5.69 Å². The van der Waals surface area contributed by atoms with Crippen LogP contribution in [0.4, 0.5) is 4.39 Å². The summed E-state index contributed by atoms with van der Waals surface area (Å²) >= 11 is 0. The molecule has 0 unspecified atom stereocenters. The molecule has 3 heterocycles. The largest absolute Gasteiger partial charge is 0.394 e. The second-order valence-corrected chi connectivity index (χ2v) is 6.68. The van der Waals surface area contributed by atoms with Gasteiger partial charge in [-0.1, -0.05) is 0 Å². The molecule has 158 valence electrons. The Labute approximate surface area is 156 Å². The summed E-state index contributed by atoms with van der Waals surface area (Å²) in [5, 5.41) is 58.3. The summed E-state index contributed by atoms with van der Waals surface area (Å²) in [6.45, 7) is -0.366. The molecule has 0 spiro atoms. The predicted octanol–water partition coefficient (Wildman–Crippen LogP) is -4.32. The van der Waals surface area contributed by atoms with Gasteiger partial charge in [-0.25, -0.2) is 9.36 Å². The number of ether oxygens (including phenoxy) is 2. The first-order valence-electron chi connectivity index (χ1n) is 8.43. The topological polar surface area (TPSA) is 184 Å². The highest BCUT2D eigenvalue weighted by atomic mass is 19.1. The van der Waals surface area contributed by atoms with Gasteiger partial charge < -0.3 is 40.1 Å². The fourth-order valence-electron chi connectivity index (χ4n) is 3.42. The maximum Gasteiger partial charge on any atom is 0.335 e. The fraction of sp³-hybridized carbons (Fsp3) is 0.733. The average Bonchev–Trinajstić information content (AvgIpc) is 3.11. The Balaban J connectivity index is 2.15. The molecule has 2 aliphatic rings. The Morgan fingerprint density at radius 1 is 0.857 bits per heavy atom. The second kappa shape index (κ2) is 7.61. The summed E-state index contributed by atoms with van der Waals surface area (Å²) in [5.74, 6) is -1.42. The van der Waals surface area contributed by atoms with Crippen LogP contribution >= 0.6 is 0 Å². The van der Waals surface area contributed by atoms with Crippen LogP contribution in [0.2, 0.25) is 0 Å². The van der Waals surface area contributed by atoms with E-state index in [-0.39, 0.29) is 4.57 Å². The van der Waals surface area contributed by atoms with Crippen molar-refractivity contribution >= 4 is 0 Å². The molecular formula is C15H21FN2O10. The molecule has 0 aromatic carbocycles. The highest BCUT2D eigenvalue weighted by molar-refractivity contribution is 5.08. The summed E-state index contributed by atoms with van der Waals surface area (Å²) in [6, 6.07) is 0. The van der Waals surface area contributed by atoms with Crippen LogP contribution in [0.15, 0.2) is 9.59 Å². The van der Waals surface area contributed by atoms with E-state index in [9.17, 15) is 39.5 Å².